The fourth-order valence-electron chi connectivity index (χ4n) is 4.99. The highest BCUT2D eigenvalue weighted by atomic mass is 19.4. The molecule has 5 rings (SSSR count). The molecule has 0 radical (unpaired) electrons. The number of fused-ring (bicyclic) bond motifs is 1. The van der Waals surface area contributed by atoms with Gasteiger partial charge in [-0.3, -0.25) is 19.2 Å². The first-order valence-electron chi connectivity index (χ1n) is 16.1. The van der Waals surface area contributed by atoms with E-state index in [1.807, 2.05) is 0 Å². The van der Waals surface area contributed by atoms with Gasteiger partial charge in [0.15, 0.2) is 6.61 Å². The van der Waals surface area contributed by atoms with Gasteiger partial charge in [-0.2, -0.15) is 13.2 Å². The number of rotatable bonds is 13. The minimum Gasteiger partial charge on any atom is -0.482 e. The second kappa shape index (κ2) is 17.4. The molecule has 0 saturated heterocycles. The first kappa shape index (κ1) is 38.3. The number of nitrogens with zero attached hydrogens (tertiary/aromatic N) is 1. The summed E-state index contributed by atoms with van der Waals surface area (Å²) in [5.41, 5.74) is 7.71. The van der Waals surface area contributed by atoms with Gasteiger partial charge in [-0.25, -0.2) is 9.18 Å². The normalized spacial score (nSPS) is 13.4. The number of nitrogens with two attached hydrogens (primary N) is 1. The summed E-state index contributed by atoms with van der Waals surface area (Å²) in [6, 6.07) is 15.6. The number of ether oxygens (including phenoxy) is 1. The first-order chi connectivity index (χ1) is 24.3. The van der Waals surface area contributed by atoms with Crippen molar-refractivity contribution in [1.29, 1.82) is 0 Å². The molecule has 4 amide bonds. The summed E-state index contributed by atoms with van der Waals surface area (Å²) in [7, 11) is 0. The summed E-state index contributed by atoms with van der Waals surface area (Å²) in [6.07, 6.45) is 0.518. The monoisotopic (exact) mass is 715 g/mol. The third-order valence-corrected chi connectivity index (χ3v) is 7.80. The lowest BCUT2D eigenvalue weighted by Gasteiger charge is -2.24. The van der Waals surface area contributed by atoms with Crippen molar-refractivity contribution in [2.75, 3.05) is 30.3 Å². The highest BCUT2D eigenvalue weighted by Crippen LogP contribution is 2.33. The van der Waals surface area contributed by atoms with Crippen LogP contribution in [-0.4, -0.2) is 71.5 Å². The number of benzene rings is 3. The minimum absolute atomic E-state index is 0.0385. The molecule has 2 aliphatic rings. The maximum atomic E-state index is 15.1. The molecule has 16 heteroatoms. The molecule has 1 saturated carbocycles. The fourth-order valence-corrected chi connectivity index (χ4v) is 4.99. The van der Waals surface area contributed by atoms with Gasteiger partial charge in [-0.05, 0) is 92.4 Å². The van der Waals surface area contributed by atoms with Gasteiger partial charge in [0.1, 0.15) is 11.6 Å². The summed E-state index contributed by atoms with van der Waals surface area (Å²) in [6.45, 7) is 1.31. The molecule has 0 bridgehead atoms. The Bertz CT molecular complexity index is 1750. The number of carboxylic acid groups (broad SMARTS) is 1. The van der Waals surface area contributed by atoms with E-state index in [1.165, 1.54) is 12.1 Å². The number of anilines is 2. The molecule has 0 aromatic heterocycles. The number of nitrogens with one attached hydrogen (secondary N) is 3. The molecule has 1 fully saturated rings. The van der Waals surface area contributed by atoms with Crippen LogP contribution < -0.4 is 26.4 Å². The van der Waals surface area contributed by atoms with Gasteiger partial charge in [0.2, 0.25) is 0 Å². The third-order valence-electron chi connectivity index (χ3n) is 7.80. The SMILES string of the molecule is NCCCCCCNC(=O)c1ccc(NC(=O)c2ccc(CN(C(=O)c3ccc4c(c3)OCC(=O)N4)C3CC3)cc2F)cc1.O=C(O)C(F)(F)F. The van der Waals surface area contributed by atoms with Crippen molar-refractivity contribution >= 4 is 41.0 Å². The predicted molar refractivity (Wildman–Crippen MR) is 178 cm³/mol. The number of halogens is 4. The second-order valence-electron chi connectivity index (χ2n) is 11.8. The molecule has 12 nitrogen and oxygen atoms in total. The van der Waals surface area contributed by atoms with Crippen molar-refractivity contribution < 1.29 is 51.4 Å². The highest BCUT2D eigenvalue weighted by Gasteiger charge is 2.38. The van der Waals surface area contributed by atoms with E-state index in [-0.39, 0.29) is 42.5 Å². The van der Waals surface area contributed by atoms with Crippen LogP contribution in [0.25, 0.3) is 0 Å². The van der Waals surface area contributed by atoms with Gasteiger partial charge >= 0.3 is 12.1 Å². The zero-order valence-electron chi connectivity index (χ0n) is 27.4. The molecule has 272 valence electrons. The van der Waals surface area contributed by atoms with Crippen LogP contribution in [0.3, 0.4) is 0 Å². The van der Waals surface area contributed by atoms with E-state index in [0.717, 1.165) is 38.5 Å². The Morgan fingerprint density at radius 1 is 0.922 bits per heavy atom. The molecule has 0 spiro atoms. The van der Waals surface area contributed by atoms with Crippen molar-refractivity contribution in [2.24, 2.45) is 5.73 Å². The smallest absolute Gasteiger partial charge is 0.482 e. The maximum absolute atomic E-state index is 15.1. The average Bonchev–Trinajstić information content (AvgIpc) is 3.94. The summed E-state index contributed by atoms with van der Waals surface area (Å²) in [5.74, 6) is -4.34. The standard InChI is InChI=1S/C33H36FN5O5.C2HF3O2/c34-27-17-21(19-39(25-11-12-25)33(43)23-8-14-28-29(18-23)44-20-30(40)38-28)5-13-26(27)32(42)37-24-9-6-22(7-10-24)31(41)36-16-4-2-1-3-15-35;3-2(4,5)1(6)7/h5-10,13-14,17-18,25H,1-4,11-12,15-16,19-20,35H2,(H,36,41)(H,37,42)(H,38,40);(H,6,7). The van der Waals surface area contributed by atoms with E-state index >= 15 is 4.39 Å². The molecule has 0 unspecified atom stereocenters. The quantitative estimate of drug-likeness (QED) is 0.120. The molecule has 0 atom stereocenters. The van der Waals surface area contributed by atoms with E-state index in [2.05, 4.69) is 16.0 Å². The van der Waals surface area contributed by atoms with Gasteiger partial charge < -0.3 is 36.4 Å². The Labute approximate surface area is 290 Å². The van der Waals surface area contributed by atoms with Crippen LogP contribution in [0, 0.1) is 5.82 Å². The molecular formula is C35H37F4N5O7. The summed E-state index contributed by atoms with van der Waals surface area (Å²) >= 11 is 0. The van der Waals surface area contributed by atoms with Crippen molar-refractivity contribution in [3.63, 3.8) is 0 Å². The number of amides is 4. The number of hydrogen-bond acceptors (Lipinski definition) is 7. The van der Waals surface area contributed by atoms with E-state index in [0.29, 0.717) is 46.9 Å². The van der Waals surface area contributed by atoms with Crippen LogP contribution in [0.4, 0.5) is 28.9 Å². The molecular weight excluding hydrogens is 678 g/mol. The van der Waals surface area contributed by atoms with Crippen LogP contribution in [0.15, 0.2) is 60.7 Å². The van der Waals surface area contributed by atoms with Gasteiger partial charge in [0, 0.05) is 35.9 Å². The molecule has 51 heavy (non-hydrogen) atoms. The zero-order chi connectivity index (χ0) is 37.1. The summed E-state index contributed by atoms with van der Waals surface area (Å²) in [5, 5.41) is 15.4. The lowest BCUT2D eigenvalue weighted by molar-refractivity contribution is -0.192. The van der Waals surface area contributed by atoms with Crippen molar-refractivity contribution in [3.05, 3.63) is 88.7 Å². The average molecular weight is 716 g/mol. The second-order valence-corrected chi connectivity index (χ2v) is 11.8. The van der Waals surface area contributed by atoms with E-state index in [9.17, 15) is 32.3 Å². The van der Waals surface area contributed by atoms with E-state index in [1.54, 1.807) is 53.4 Å². The van der Waals surface area contributed by atoms with Crippen LogP contribution in [0.2, 0.25) is 0 Å². The Morgan fingerprint density at radius 2 is 1.59 bits per heavy atom. The lowest BCUT2D eigenvalue weighted by Crippen LogP contribution is -2.33. The summed E-state index contributed by atoms with van der Waals surface area (Å²) < 4.78 is 52.3. The summed E-state index contributed by atoms with van der Waals surface area (Å²) in [4.78, 5) is 60.8. The maximum Gasteiger partial charge on any atom is 0.490 e. The van der Waals surface area contributed by atoms with Crippen LogP contribution >= 0.6 is 0 Å². The molecule has 6 N–H and O–H groups in total. The topological polar surface area (TPSA) is 180 Å². The largest absolute Gasteiger partial charge is 0.490 e. The number of alkyl halides is 3. The van der Waals surface area contributed by atoms with Gasteiger partial charge in [-0.15, -0.1) is 0 Å². The van der Waals surface area contributed by atoms with Gasteiger partial charge in [0.25, 0.3) is 23.6 Å². The number of carbonyl (C=O) groups is 5. The lowest BCUT2D eigenvalue weighted by atomic mass is 10.1. The highest BCUT2D eigenvalue weighted by molar-refractivity contribution is 6.05. The number of unbranched alkanes of at least 4 members (excludes halogenated alkanes) is 3. The van der Waals surface area contributed by atoms with Crippen molar-refractivity contribution in [2.45, 2.75) is 57.3 Å². The van der Waals surface area contributed by atoms with Crippen LogP contribution in [-0.2, 0) is 16.1 Å². The van der Waals surface area contributed by atoms with Crippen LogP contribution in [0.1, 0.15) is 75.2 Å². The van der Waals surface area contributed by atoms with Gasteiger partial charge in [-0.1, -0.05) is 18.9 Å². The number of hydrogen-bond donors (Lipinski definition) is 5. The van der Waals surface area contributed by atoms with Crippen LogP contribution in [0.5, 0.6) is 5.75 Å². The van der Waals surface area contributed by atoms with E-state index in [4.69, 9.17) is 20.4 Å². The Hall–Kier alpha value is -5.51. The Balaban J connectivity index is 0.000000755. The first-order valence-corrected chi connectivity index (χ1v) is 16.1. The molecule has 1 aliphatic carbocycles. The van der Waals surface area contributed by atoms with Gasteiger partial charge in [0.05, 0.1) is 11.3 Å². The zero-order valence-corrected chi connectivity index (χ0v) is 27.4. The number of carbonyl (C=O) groups excluding carboxylic acids is 4. The minimum atomic E-state index is -5.08. The Kier molecular flexibility index (Phi) is 13.1. The number of carboxylic acids is 1. The molecule has 3 aromatic carbocycles. The molecule has 3 aromatic rings. The fraction of sp³-hybridized carbons (Fsp3) is 0.343. The van der Waals surface area contributed by atoms with E-state index < -0.39 is 23.9 Å². The van der Waals surface area contributed by atoms with Crippen molar-refractivity contribution in [3.8, 4) is 5.75 Å². The molecule has 1 heterocycles. The predicted octanol–water partition coefficient (Wildman–Crippen LogP) is 5.10. The third kappa shape index (κ3) is 11.3. The van der Waals surface area contributed by atoms with Crippen molar-refractivity contribution in [1.82, 2.24) is 10.2 Å². The Morgan fingerprint density at radius 3 is 2.22 bits per heavy atom. The molecule has 1 aliphatic heterocycles. The number of aliphatic carboxylic acids is 1.